The van der Waals surface area contributed by atoms with Crippen molar-refractivity contribution in [3.8, 4) is 11.5 Å². The molecule has 0 spiro atoms. The summed E-state index contributed by atoms with van der Waals surface area (Å²) in [5, 5.41) is 9.82. The summed E-state index contributed by atoms with van der Waals surface area (Å²) >= 11 is 0. The first kappa shape index (κ1) is 13.2. The Hall–Kier alpha value is -1.26. The molecule has 4 heteroatoms. The molecule has 0 amide bonds. The number of hydrogen-bond acceptors (Lipinski definition) is 4. The van der Waals surface area contributed by atoms with Gasteiger partial charge in [0.25, 0.3) is 0 Å². The van der Waals surface area contributed by atoms with E-state index in [1.54, 1.807) is 7.11 Å². The molecule has 4 nitrogen and oxygen atoms in total. The summed E-state index contributed by atoms with van der Waals surface area (Å²) < 4.78 is 11.1. The third-order valence-electron chi connectivity index (χ3n) is 3.41. The van der Waals surface area contributed by atoms with Crippen molar-refractivity contribution in [2.24, 2.45) is 5.73 Å². The lowest BCUT2D eigenvalue weighted by atomic mass is 10.1. The van der Waals surface area contributed by atoms with Gasteiger partial charge in [-0.25, -0.2) is 0 Å². The largest absolute Gasteiger partial charge is 0.497 e. The van der Waals surface area contributed by atoms with Crippen LogP contribution in [0.2, 0.25) is 0 Å². The summed E-state index contributed by atoms with van der Waals surface area (Å²) in [5.74, 6) is 1.46. The third kappa shape index (κ3) is 2.76. The van der Waals surface area contributed by atoms with Crippen LogP contribution in [0.4, 0.5) is 0 Å². The molecule has 0 heterocycles. The zero-order chi connectivity index (χ0) is 13.1. The molecule has 3 atom stereocenters. The molecule has 0 saturated heterocycles. The second-order valence-electron chi connectivity index (χ2n) is 4.85. The second kappa shape index (κ2) is 5.59. The molecule has 1 aliphatic carbocycles. The minimum absolute atomic E-state index is 0.107. The van der Waals surface area contributed by atoms with Crippen molar-refractivity contribution >= 4 is 0 Å². The van der Waals surface area contributed by atoms with Crippen molar-refractivity contribution in [1.82, 2.24) is 0 Å². The van der Waals surface area contributed by atoms with Crippen molar-refractivity contribution < 1.29 is 14.6 Å². The third-order valence-corrected chi connectivity index (χ3v) is 3.41. The van der Waals surface area contributed by atoms with Crippen molar-refractivity contribution in [3.63, 3.8) is 0 Å². The van der Waals surface area contributed by atoms with E-state index in [1.165, 1.54) is 0 Å². The van der Waals surface area contributed by atoms with Gasteiger partial charge in [-0.05, 0) is 32.3 Å². The zero-order valence-corrected chi connectivity index (χ0v) is 10.9. The fraction of sp³-hybridized carbons (Fsp3) is 0.571. The Balaban J connectivity index is 2.23. The maximum Gasteiger partial charge on any atom is 0.128 e. The molecular weight excluding hydrogens is 230 g/mol. The van der Waals surface area contributed by atoms with Crippen LogP contribution < -0.4 is 15.2 Å². The molecule has 18 heavy (non-hydrogen) atoms. The van der Waals surface area contributed by atoms with Gasteiger partial charge in [-0.1, -0.05) is 6.07 Å². The van der Waals surface area contributed by atoms with Crippen LogP contribution >= 0.6 is 0 Å². The van der Waals surface area contributed by atoms with Crippen LogP contribution in [0.5, 0.6) is 11.5 Å². The van der Waals surface area contributed by atoms with E-state index in [0.717, 1.165) is 36.3 Å². The van der Waals surface area contributed by atoms with Crippen LogP contribution in [0.3, 0.4) is 0 Å². The quantitative estimate of drug-likeness (QED) is 0.859. The van der Waals surface area contributed by atoms with Crippen molar-refractivity contribution in [2.75, 3.05) is 7.11 Å². The standard InChI is InChI=1S/C14H21NO3/c1-9(15)11-7-6-10(17-2)8-14(11)18-13-5-3-4-12(13)16/h6-9,12-13,16H,3-5,15H2,1-2H3/t9-,12?,13?/m1/s1. The molecule has 0 aromatic heterocycles. The highest BCUT2D eigenvalue weighted by atomic mass is 16.5. The summed E-state index contributed by atoms with van der Waals surface area (Å²) in [6.07, 6.45) is 2.19. The van der Waals surface area contributed by atoms with E-state index >= 15 is 0 Å². The molecule has 0 radical (unpaired) electrons. The SMILES string of the molecule is COc1ccc([C@@H](C)N)c(OC2CCCC2O)c1. The maximum atomic E-state index is 9.82. The first-order chi connectivity index (χ1) is 8.61. The fourth-order valence-corrected chi connectivity index (χ4v) is 2.33. The summed E-state index contributed by atoms with van der Waals surface area (Å²) in [6, 6.07) is 5.52. The molecule has 1 aromatic carbocycles. The number of benzene rings is 1. The highest BCUT2D eigenvalue weighted by molar-refractivity contribution is 5.42. The molecule has 1 aromatic rings. The lowest BCUT2D eigenvalue weighted by Gasteiger charge is -2.21. The van der Waals surface area contributed by atoms with Gasteiger partial charge in [0.05, 0.1) is 13.2 Å². The van der Waals surface area contributed by atoms with Gasteiger partial charge >= 0.3 is 0 Å². The molecule has 100 valence electrons. The Morgan fingerprint density at radius 3 is 2.72 bits per heavy atom. The highest BCUT2D eigenvalue weighted by Gasteiger charge is 2.28. The Morgan fingerprint density at radius 2 is 2.17 bits per heavy atom. The van der Waals surface area contributed by atoms with E-state index in [9.17, 15) is 5.11 Å². The number of aliphatic hydroxyl groups is 1. The highest BCUT2D eigenvalue weighted by Crippen LogP contribution is 2.32. The van der Waals surface area contributed by atoms with Gasteiger partial charge in [0, 0.05) is 17.7 Å². The Morgan fingerprint density at radius 1 is 1.39 bits per heavy atom. The van der Waals surface area contributed by atoms with Gasteiger partial charge in [0.1, 0.15) is 17.6 Å². The van der Waals surface area contributed by atoms with Crippen LogP contribution in [0.15, 0.2) is 18.2 Å². The number of nitrogens with two attached hydrogens (primary N) is 1. The number of aliphatic hydroxyl groups excluding tert-OH is 1. The lowest BCUT2D eigenvalue weighted by molar-refractivity contribution is 0.0594. The van der Waals surface area contributed by atoms with E-state index in [0.29, 0.717) is 0 Å². The van der Waals surface area contributed by atoms with Gasteiger partial charge in [0.2, 0.25) is 0 Å². The van der Waals surface area contributed by atoms with Crippen molar-refractivity contribution in [2.45, 2.75) is 44.4 Å². The van der Waals surface area contributed by atoms with E-state index in [4.69, 9.17) is 15.2 Å². The Labute approximate surface area is 108 Å². The average Bonchev–Trinajstić information content (AvgIpc) is 2.74. The predicted molar refractivity (Wildman–Crippen MR) is 69.9 cm³/mol. The number of methoxy groups -OCH3 is 1. The number of rotatable bonds is 4. The average molecular weight is 251 g/mol. The van der Waals surface area contributed by atoms with Crippen molar-refractivity contribution in [3.05, 3.63) is 23.8 Å². The first-order valence-electron chi connectivity index (χ1n) is 6.40. The molecule has 2 rings (SSSR count). The van der Waals surface area contributed by atoms with Crippen LogP contribution in [0.25, 0.3) is 0 Å². The van der Waals surface area contributed by atoms with E-state index < -0.39 is 0 Å². The minimum atomic E-state index is -0.378. The molecule has 0 aliphatic heterocycles. The van der Waals surface area contributed by atoms with Gasteiger partial charge in [-0.15, -0.1) is 0 Å². The second-order valence-corrected chi connectivity index (χ2v) is 4.85. The Kier molecular flexibility index (Phi) is 4.09. The molecule has 2 unspecified atom stereocenters. The topological polar surface area (TPSA) is 64.7 Å². The molecule has 1 saturated carbocycles. The van der Waals surface area contributed by atoms with Crippen LogP contribution in [-0.4, -0.2) is 24.4 Å². The smallest absolute Gasteiger partial charge is 0.128 e. The predicted octanol–water partition coefficient (Wildman–Crippen LogP) is 2.01. The summed E-state index contributed by atoms with van der Waals surface area (Å²) in [5.41, 5.74) is 6.87. The lowest BCUT2D eigenvalue weighted by Crippen LogP contribution is -2.26. The summed E-state index contributed by atoms with van der Waals surface area (Å²) in [7, 11) is 1.62. The van der Waals surface area contributed by atoms with Gasteiger partial charge in [0.15, 0.2) is 0 Å². The van der Waals surface area contributed by atoms with E-state index in [-0.39, 0.29) is 18.2 Å². The van der Waals surface area contributed by atoms with Crippen molar-refractivity contribution in [1.29, 1.82) is 0 Å². The van der Waals surface area contributed by atoms with E-state index in [1.807, 2.05) is 25.1 Å². The first-order valence-corrected chi connectivity index (χ1v) is 6.40. The van der Waals surface area contributed by atoms with Crippen LogP contribution in [0.1, 0.15) is 37.8 Å². The number of ether oxygens (including phenoxy) is 2. The molecule has 1 aliphatic rings. The normalized spacial score (nSPS) is 24.9. The molecule has 1 fully saturated rings. The monoisotopic (exact) mass is 251 g/mol. The summed E-state index contributed by atoms with van der Waals surface area (Å²) in [4.78, 5) is 0. The summed E-state index contributed by atoms with van der Waals surface area (Å²) in [6.45, 7) is 1.92. The number of hydrogen-bond donors (Lipinski definition) is 2. The Bertz CT molecular complexity index is 406. The minimum Gasteiger partial charge on any atom is -0.497 e. The zero-order valence-electron chi connectivity index (χ0n) is 10.9. The van der Waals surface area contributed by atoms with E-state index in [2.05, 4.69) is 0 Å². The molecule has 3 N–H and O–H groups in total. The van der Waals surface area contributed by atoms with Gasteiger partial charge in [-0.2, -0.15) is 0 Å². The van der Waals surface area contributed by atoms with Crippen LogP contribution in [-0.2, 0) is 0 Å². The maximum absolute atomic E-state index is 9.82. The van der Waals surface area contributed by atoms with Gasteiger partial charge < -0.3 is 20.3 Å². The van der Waals surface area contributed by atoms with Gasteiger partial charge in [-0.3, -0.25) is 0 Å². The molecular formula is C14H21NO3. The fourth-order valence-electron chi connectivity index (χ4n) is 2.33. The molecule has 0 bridgehead atoms. The van der Waals surface area contributed by atoms with Crippen LogP contribution in [0, 0.1) is 0 Å².